The molecule has 0 amide bonds. The van der Waals surface area contributed by atoms with Crippen LogP contribution < -0.4 is 5.19 Å². The van der Waals surface area contributed by atoms with E-state index in [0.29, 0.717) is 13.0 Å². The standard InChI is InChI=1S/C20H24O2Si/c1-4-22-20(21)16-19(15-17-11-7-5-8-12-17)23(2,3)18-13-9-6-10-14-18/h5-15H,4,16H2,1-3H3/b19-15+. The Hall–Kier alpha value is -2.13. The molecule has 0 bridgehead atoms. The summed E-state index contributed by atoms with van der Waals surface area (Å²) in [5.41, 5.74) is 1.13. The highest BCUT2D eigenvalue weighted by Gasteiger charge is 2.29. The summed E-state index contributed by atoms with van der Waals surface area (Å²) in [5.74, 6) is -0.147. The number of hydrogen-bond acceptors (Lipinski definition) is 2. The molecule has 0 aliphatic carbocycles. The van der Waals surface area contributed by atoms with Crippen LogP contribution in [0.1, 0.15) is 18.9 Å². The van der Waals surface area contributed by atoms with Crippen molar-refractivity contribution in [3.8, 4) is 0 Å². The van der Waals surface area contributed by atoms with Gasteiger partial charge >= 0.3 is 5.97 Å². The van der Waals surface area contributed by atoms with Crippen molar-refractivity contribution in [1.29, 1.82) is 0 Å². The Labute approximate surface area is 139 Å². The van der Waals surface area contributed by atoms with Crippen molar-refractivity contribution in [1.82, 2.24) is 0 Å². The zero-order valence-electron chi connectivity index (χ0n) is 14.1. The van der Waals surface area contributed by atoms with Gasteiger partial charge in [-0.3, -0.25) is 4.79 Å². The smallest absolute Gasteiger partial charge is 0.309 e. The summed E-state index contributed by atoms with van der Waals surface area (Å²) in [6, 6.07) is 20.7. The number of rotatable bonds is 6. The number of carbonyl (C=O) groups excluding carboxylic acids is 1. The topological polar surface area (TPSA) is 26.3 Å². The first-order valence-corrected chi connectivity index (χ1v) is 11.0. The van der Waals surface area contributed by atoms with Crippen LogP contribution in [0.2, 0.25) is 13.1 Å². The minimum atomic E-state index is -1.92. The van der Waals surface area contributed by atoms with Gasteiger partial charge in [-0.1, -0.05) is 90.2 Å². The summed E-state index contributed by atoms with van der Waals surface area (Å²) in [6.45, 7) is 6.84. The van der Waals surface area contributed by atoms with Gasteiger partial charge in [-0.2, -0.15) is 0 Å². The molecule has 0 radical (unpaired) electrons. The fraction of sp³-hybridized carbons (Fsp3) is 0.250. The van der Waals surface area contributed by atoms with E-state index in [-0.39, 0.29) is 5.97 Å². The Kier molecular flexibility index (Phi) is 5.94. The summed E-state index contributed by atoms with van der Waals surface area (Å²) < 4.78 is 5.18. The highest BCUT2D eigenvalue weighted by molar-refractivity contribution is 6.96. The summed E-state index contributed by atoms with van der Waals surface area (Å²) in [4.78, 5) is 12.1. The summed E-state index contributed by atoms with van der Waals surface area (Å²) >= 11 is 0. The average molecular weight is 324 g/mol. The number of hydrogen-bond donors (Lipinski definition) is 0. The highest BCUT2D eigenvalue weighted by Crippen LogP contribution is 2.22. The Morgan fingerprint density at radius 2 is 1.57 bits per heavy atom. The maximum absolute atomic E-state index is 12.1. The molecule has 0 aromatic heterocycles. The third-order valence-corrected chi connectivity index (χ3v) is 7.78. The van der Waals surface area contributed by atoms with Gasteiger partial charge in [0.15, 0.2) is 0 Å². The second-order valence-corrected chi connectivity index (χ2v) is 10.5. The lowest BCUT2D eigenvalue weighted by molar-refractivity contribution is -0.142. The number of carbonyl (C=O) groups is 1. The van der Waals surface area contributed by atoms with Crippen molar-refractivity contribution in [3.05, 3.63) is 71.4 Å². The number of benzene rings is 2. The summed E-state index contributed by atoms with van der Waals surface area (Å²) in [6.07, 6.45) is 2.52. The molecule has 2 aromatic rings. The third-order valence-electron chi connectivity index (χ3n) is 4.08. The molecule has 3 heteroatoms. The quantitative estimate of drug-likeness (QED) is 0.588. The Morgan fingerprint density at radius 3 is 2.13 bits per heavy atom. The van der Waals surface area contributed by atoms with Gasteiger partial charge in [0.05, 0.1) is 13.0 Å². The van der Waals surface area contributed by atoms with Crippen molar-refractivity contribution in [2.24, 2.45) is 0 Å². The fourth-order valence-corrected chi connectivity index (χ4v) is 5.12. The second kappa shape index (κ2) is 7.93. The van der Waals surface area contributed by atoms with E-state index < -0.39 is 8.07 Å². The molecule has 0 saturated heterocycles. The first kappa shape index (κ1) is 17.2. The summed E-state index contributed by atoms with van der Waals surface area (Å²) in [5, 5.41) is 2.51. The van der Waals surface area contributed by atoms with E-state index in [9.17, 15) is 4.79 Å². The molecule has 0 atom stereocenters. The van der Waals surface area contributed by atoms with E-state index in [1.807, 2.05) is 31.2 Å². The lowest BCUT2D eigenvalue weighted by Crippen LogP contribution is -2.44. The maximum atomic E-state index is 12.1. The van der Waals surface area contributed by atoms with Crippen LogP contribution in [0.25, 0.3) is 6.08 Å². The molecule has 0 N–H and O–H groups in total. The average Bonchev–Trinajstić information content (AvgIpc) is 2.56. The molecule has 23 heavy (non-hydrogen) atoms. The molecule has 2 nitrogen and oxygen atoms in total. The second-order valence-electron chi connectivity index (χ2n) is 6.05. The zero-order valence-corrected chi connectivity index (χ0v) is 15.1. The third kappa shape index (κ3) is 4.67. The Balaban J connectivity index is 2.40. The van der Waals surface area contributed by atoms with Gasteiger partial charge in [-0.05, 0) is 12.5 Å². The Morgan fingerprint density at radius 1 is 1.00 bits per heavy atom. The predicted octanol–water partition coefficient (Wildman–Crippen LogP) is 4.18. The number of esters is 1. The first-order chi connectivity index (χ1) is 11.0. The molecule has 0 saturated carbocycles. The minimum Gasteiger partial charge on any atom is -0.466 e. The van der Waals surface area contributed by atoms with Gasteiger partial charge in [0.25, 0.3) is 0 Å². The lowest BCUT2D eigenvalue weighted by Gasteiger charge is -2.26. The van der Waals surface area contributed by atoms with Crippen LogP contribution in [-0.2, 0) is 9.53 Å². The van der Waals surface area contributed by atoms with Crippen LogP contribution >= 0.6 is 0 Å². The molecule has 0 aliphatic rings. The minimum absolute atomic E-state index is 0.147. The highest BCUT2D eigenvalue weighted by atomic mass is 28.3. The zero-order chi connectivity index (χ0) is 16.7. The molecule has 120 valence electrons. The largest absolute Gasteiger partial charge is 0.466 e. The van der Waals surface area contributed by atoms with Crippen molar-refractivity contribution < 1.29 is 9.53 Å². The van der Waals surface area contributed by atoms with Crippen LogP contribution in [0.4, 0.5) is 0 Å². The lowest BCUT2D eigenvalue weighted by atomic mass is 10.2. The monoisotopic (exact) mass is 324 g/mol. The SMILES string of the molecule is CCOC(=O)C/C(=C\c1ccccc1)[Si](C)(C)c1ccccc1. The van der Waals surface area contributed by atoms with E-state index in [4.69, 9.17) is 4.74 Å². The van der Waals surface area contributed by atoms with Gasteiger partial charge in [0.1, 0.15) is 8.07 Å². The molecule has 0 aliphatic heterocycles. The van der Waals surface area contributed by atoms with Gasteiger partial charge in [-0.15, -0.1) is 0 Å². The fourth-order valence-electron chi connectivity index (χ4n) is 2.61. The van der Waals surface area contributed by atoms with Crippen molar-refractivity contribution >= 4 is 25.3 Å². The normalized spacial score (nSPS) is 12.0. The van der Waals surface area contributed by atoms with Crippen molar-refractivity contribution in [3.63, 3.8) is 0 Å². The molecule has 2 rings (SSSR count). The van der Waals surface area contributed by atoms with Crippen LogP contribution in [-0.4, -0.2) is 20.7 Å². The van der Waals surface area contributed by atoms with Crippen LogP contribution in [0.5, 0.6) is 0 Å². The van der Waals surface area contributed by atoms with E-state index in [2.05, 4.69) is 55.6 Å². The Bertz CT molecular complexity index is 661. The van der Waals surface area contributed by atoms with Crippen LogP contribution in [0.15, 0.2) is 65.9 Å². The molecule has 0 spiro atoms. The molecular formula is C20H24O2Si. The predicted molar refractivity (Wildman–Crippen MR) is 99.2 cm³/mol. The van der Waals surface area contributed by atoms with E-state index in [0.717, 1.165) is 5.56 Å². The van der Waals surface area contributed by atoms with Crippen molar-refractivity contribution in [2.45, 2.75) is 26.4 Å². The molecular weight excluding hydrogens is 300 g/mol. The van der Waals surface area contributed by atoms with Gasteiger partial charge < -0.3 is 4.74 Å². The maximum Gasteiger partial charge on any atom is 0.309 e. The van der Waals surface area contributed by atoms with E-state index in [1.165, 1.54) is 10.4 Å². The van der Waals surface area contributed by atoms with Gasteiger partial charge in [0.2, 0.25) is 0 Å². The molecule has 0 heterocycles. The molecule has 2 aromatic carbocycles. The number of ether oxygens (including phenoxy) is 1. The van der Waals surface area contributed by atoms with E-state index in [1.54, 1.807) is 0 Å². The van der Waals surface area contributed by atoms with Crippen LogP contribution in [0, 0.1) is 0 Å². The molecule has 0 unspecified atom stereocenters. The van der Waals surface area contributed by atoms with Gasteiger partial charge in [-0.25, -0.2) is 0 Å². The summed E-state index contributed by atoms with van der Waals surface area (Å²) in [7, 11) is -1.92. The van der Waals surface area contributed by atoms with E-state index >= 15 is 0 Å². The van der Waals surface area contributed by atoms with Gasteiger partial charge in [0, 0.05) is 0 Å². The van der Waals surface area contributed by atoms with Crippen LogP contribution in [0.3, 0.4) is 0 Å². The molecule has 0 fully saturated rings. The first-order valence-electron chi connectivity index (χ1n) is 8.01. The van der Waals surface area contributed by atoms with Crippen molar-refractivity contribution in [2.75, 3.05) is 6.61 Å².